The Morgan fingerprint density at radius 3 is 2.62 bits per heavy atom. The van der Waals surface area contributed by atoms with E-state index in [1.165, 1.54) is 6.07 Å². The van der Waals surface area contributed by atoms with Gasteiger partial charge in [-0.3, -0.25) is 9.78 Å². The van der Waals surface area contributed by atoms with Crippen LogP contribution in [0.15, 0.2) is 36.5 Å². The van der Waals surface area contributed by atoms with E-state index in [0.717, 1.165) is 49.7 Å². The number of hydrogen-bond acceptors (Lipinski definition) is 3. The van der Waals surface area contributed by atoms with Crippen molar-refractivity contribution in [2.75, 3.05) is 23.3 Å². The Hall–Kier alpha value is -2.50. The van der Waals surface area contributed by atoms with Gasteiger partial charge in [-0.05, 0) is 43.0 Å². The highest BCUT2D eigenvalue weighted by Gasteiger charge is 2.17. The van der Waals surface area contributed by atoms with Crippen LogP contribution in [-0.4, -0.2) is 24.0 Å². The SMILES string of the molecule is CC1CCN(c2ccnc(C(=O)Nc3ccc(F)c(F)c3)c2)CC1. The van der Waals surface area contributed by atoms with Gasteiger partial charge in [0.25, 0.3) is 5.91 Å². The maximum Gasteiger partial charge on any atom is 0.274 e. The quantitative estimate of drug-likeness (QED) is 0.929. The predicted octanol–water partition coefficient (Wildman–Crippen LogP) is 3.85. The molecule has 1 fully saturated rings. The summed E-state index contributed by atoms with van der Waals surface area (Å²) in [6.45, 7) is 4.15. The Morgan fingerprint density at radius 2 is 1.92 bits per heavy atom. The molecule has 0 unspecified atom stereocenters. The number of amides is 1. The van der Waals surface area contributed by atoms with Crippen LogP contribution in [0.2, 0.25) is 0 Å². The van der Waals surface area contributed by atoms with Gasteiger partial charge in [0.2, 0.25) is 0 Å². The average Bonchev–Trinajstić information content (AvgIpc) is 2.59. The van der Waals surface area contributed by atoms with Gasteiger partial charge < -0.3 is 10.2 Å². The Bertz CT molecular complexity index is 743. The highest BCUT2D eigenvalue weighted by molar-refractivity contribution is 6.03. The summed E-state index contributed by atoms with van der Waals surface area (Å²) in [6, 6.07) is 6.84. The molecule has 0 atom stereocenters. The third kappa shape index (κ3) is 3.69. The maximum atomic E-state index is 13.2. The molecule has 1 aromatic carbocycles. The number of nitrogens with zero attached hydrogens (tertiary/aromatic N) is 2. The van der Waals surface area contributed by atoms with Gasteiger partial charge in [0.1, 0.15) is 5.69 Å². The van der Waals surface area contributed by atoms with Crippen LogP contribution in [-0.2, 0) is 0 Å². The number of carbonyl (C=O) groups is 1. The average molecular weight is 331 g/mol. The fraction of sp³-hybridized carbons (Fsp3) is 0.333. The van der Waals surface area contributed by atoms with Gasteiger partial charge in [0.05, 0.1) is 0 Å². The number of hydrogen-bond donors (Lipinski definition) is 1. The highest BCUT2D eigenvalue weighted by Crippen LogP contribution is 2.23. The van der Waals surface area contributed by atoms with Gasteiger partial charge in [-0.2, -0.15) is 0 Å². The molecule has 0 radical (unpaired) electrons. The van der Waals surface area contributed by atoms with Crippen molar-refractivity contribution in [3.63, 3.8) is 0 Å². The smallest absolute Gasteiger partial charge is 0.274 e. The maximum absolute atomic E-state index is 13.2. The van der Waals surface area contributed by atoms with Crippen LogP contribution >= 0.6 is 0 Å². The topological polar surface area (TPSA) is 45.2 Å². The molecular formula is C18H19F2N3O. The van der Waals surface area contributed by atoms with Crippen molar-refractivity contribution in [3.8, 4) is 0 Å². The van der Waals surface area contributed by atoms with E-state index < -0.39 is 17.5 Å². The molecule has 1 aromatic heterocycles. The molecule has 3 rings (SSSR count). The molecule has 1 aliphatic rings. The summed E-state index contributed by atoms with van der Waals surface area (Å²) >= 11 is 0. The largest absolute Gasteiger partial charge is 0.371 e. The normalized spacial score (nSPS) is 15.4. The predicted molar refractivity (Wildman–Crippen MR) is 89.2 cm³/mol. The van der Waals surface area contributed by atoms with Crippen molar-refractivity contribution in [2.45, 2.75) is 19.8 Å². The van der Waals surface area contributed by atoms with Crippen LogP contribution in [0.5, 0.6) is 0 Å². The number of rotatable bonds is 3. The molecular weight excluding hydrogens is 312 g/mol. The molecule has 4 nitrogen and oxygen atoms in total. The lowest BCUT2D eigenvalue weighted by atomic mass is 9.99. The fourth-order valence-electron chi connectivity index (χ4n) is 2.78. The molecule has 126 valence electrons. The highest BCUT2D eigenvalue weighted by atomic mass is 19.2. The Balaban J connectivity index is 1.73. The molecule has 0 bridgehead atoms. The lowest BCUT2D eigenvalue weighted by Gasteiger charge is -2.32. The van der Waals surface area contributed by atoms with Crippen LogP contribution in [0, 0.1) is 17.6 Å². The van der Waals surface area contributed by atoms with Gasteiger partial charge in [-0.1, -0.05) is 6.92 Å². The summed E-state index contributed by atoms with van der Waals surface area (Å²) in [5.74, 6) is -1.68. The third-order valence-corrected chi connectivity index (χ3v) is 4.30. The lowest BCUT2D eigenvalue weighted by molar-refractivity contribution is 0.102. The molecule has 0 saturated carbocycles. The lowest BCUT2D eigenvalue weighted by Crippen LogP contribution is -2.33. The minimum atomic E-state index is -1.00. The van der Waals surface area contributed by atoms with E-state index in [-0.39, 0.29) is 11.4 Å². The molecule has 1 amide bonds. The number of piperidine rings is 1. The van der Waals surface area contributed by atoms with Crippen LogP contribution < -0.4 is 10.2 Å². The van der Waals surface area contributed by atoms with Crippen LogP contribution in [0.4, 0.5) is 20.2 Å². The van der Waals surface area contributed by atoms with Gasteiger partial charge in [-0.15, -0.1) is 0 Å². The van der Waals surface area contributed by atoms with Crippen molar-refractivity contribution < 1.29 is 13.6 Å². The third-order valence-electron chi connectivity index (χ3n) is 4.30. The second kappa shape index (κ2) is 6.95. The first-order chi connectivity index (χ1) is 11.5. The standard InChI is InChI=1S/C18H19F2N3O/c1-12-5-8-23(9-6-12)14-4-7-21-17(11-14)18(24)22-13-2-3-15(19)16(20)10-13/h2-4,7,10-12H,5-6,8-9H2,1H3,(H,22,24). The first-order valence-electron chi connectivity index (χ1n) is 8.00. The van der Waals surface area contributed by atoms with E-state index in [1.54, 1.807) is 12.3 Å². The first kappa shape index (κ1) is 16.4. The zero-order valence-corrected chi connectivity index (χ0v) is 13.4. The van der Waals surface area contributed by atoms with Crippen molar-refractivity contribution in [1.29, 1.82) is 0 Å². The summed E-state index contributed by atoms with van der Waals surface area (Å²) < 4.78 is 26.2. The van der Waals surface area contributed by atoms with E-state index in [2.05, 4.69) is 22.1 Å². The Morgan fingerprint density at radius 1 is 1.17 bits per heavy atom. The second-order valence-electron chi connectivity index (χ2n) is 6.15. The first-order valence-corrected chi connectivity index (χ1v) is 8.00. The number of aromatic nitrogens is 1. The molecule has 24 heavy (non-hydrogen) atoms. The number of anilines is 2. The summed E-state index contributed by atoms with van der Waals surface area (Å²) in [5, 5.41) is 2.54. The molecule has 2 aromatic rings. The molecule has 6 heteroatoms. The molecule has 0 spiro atoms. The number of pyridine rings is 1. The van der Waals surface area contributed by atoms with Gasteiger partial charge in [0.15, 0.2) is 11.6 Å². The van der Waals surface area contributed by atoms with Crippen LogP contribution in [0.3, 0.4) is 0 Å². The van der Waals surface area contributed by atoms with Gasteiger partial charge in [0, 0.05) is 36.7 Å². The molecule has 1 N–H and O–H groups in total. The number of nitrogens with one attached hydrogen (secondary N) is 1. The molecule has 1 aliphatic heterocycles. The van der Waals surface area contributed by atoms with E-state index in [1.807, 2.05) is 6.07 Å². The minimum Gasteiger partial charge on any atom is -0.371 e. The van der Waals surface area contributed by atoms with E-state index in [9.17, 15) is 13.6 Å². The Kier molecular flexibility index (Phi) is 4.74. The molecule has 2 heterocycles. The number of carbonyl (C=O) groups excluding carboxylic acids is 1. The fourth-order valence-corrected chi connectivity index (χ4v) is 2.78. The van der Waals surface area contributed by atoms with E-state index >= 15 is 0 Å². The number of halogens is 2. The zero-order chi connectivity index (χ0) is 17.1. The van der Waals surface area contributed by atoms with E-state index in [0.29, 0.717) is 0 Å². The van der Waals surface area contributed by atoms with Gasteiger partial charge >= 0.3 is 0 Å². The molecule has 1 saturated heterocycles. The van der Waals surface area contributed by atoms with E-state index in [4.69, 9.17) is 0 Å². The van der Waals surface area contributed by atoms with Crippen molar-refractivity contribution in [2.24, 2.45) is 5.92 Å². The summed E-state index contributed by atoms with van der Waals surface area (Å²) in [7, 11) is 0. The second-order valence-corrected chi connectivity index (χ2v) is 6.15. The van der Waals surface area contributed by atoms with Gasteiger partial charge in [-0.25, -0.2) is 8.78 Å². The van der Waals surface area contributed by atoms with Crippen LogP contribution in [0.1, 0.15) is 30.3 Å². The van der Waals surface area contributed by atoms with Crippen molar-refractivity contribution in [1.82, 2.24) is 4.98 Å². The summed E-state index contributed by atoms with van der Waals surface area (Å²) in [5.41, 5.74) is 1.39. The number of benzene rings is 1. The van der Waals surface area contributed by atoms with Crippen molar-refractivity contribution in [3.05, 3.63) is 53.9 Å². The monoisotopic (exact) mass is 331 g/mol. The van der Waals surface area contributed by atoms with Crippen molar-refractivity contribution >= 4 is 17.3 Å². The zero-order valence-electron chi connectivity index (χ0n) is 13.4. The Labute approximate surface area is 139 Å². The summed E-state index contributed by atoms with van der Waals surface area (Å²) in [4.78, 5) is 18.6. The molecule has 0 aliphatic carbocycles. The minimum absolute atomic E-state index is 0.193. The summed E-state index contributed by atoms with van der Waals surface area (Å²) in [6.07, 6.45) is 3.84. The van der Waals surface area contributed by atoms with Crippen LogP contribution in [0.25, 0.3) is 0 Å².